The zero-order valence-electron chi connectivity index (χ0n) is 6.41. The number of nitrogens with one attached hydrogen (secondary N) is 1. The molecular formula is C8H9F2N. The van der Waals surface area contributed by atoms with Gasteiger partial charge in [0.2, 0.25) is 0 Å². The van der Waals surface area contributed by atoms with E-state index in [2.05, 4.69) is 5.32 Å². The van der Waals surface area contributed by atoms with Crippen LogP contribution in [0.2, 0.25) is 0 Å². The number of hydrogen-bond acceptors (Lipinski definition) is 1. The molecule has 0 fully saturated rings. The minimum absolute atomic E-state index is 0.0648. The summed E-state index contributed by atoms with van der Waals surface area (Å²) in [5, 5.41) is 2.45. The molecule has 0 aromatic heterocycles. The second-order valence-corrected chi connectivity index (χ2v) is 2.30. The molecule has 1 rings (SSSR count). The molecule has 60 valence electrons. The minimum atomic E-state index is -0.560. The lowest BCUT2D eigenvalue weighted by molar-refractivity contribution is 0.584. The van der Waals surface area contributed by atoms with Gasteiger partial charge >= 0.3 is 0 Å². The first kappa shape index (κ1) is 7.98. The van der Waals surface area contributed by atoms with Crippen molar-refractivity contribution in [2.75, 3.05) is 12.4 Å². The monoisotopic (exact) mass is 157 g/mol. The molecule has 0 amide bonds. The molecule has 0 radical (unpaired) electrons. The van der Waals surface area contributed by atoms with Crippen LogP contribution in [0, 0.1) is 18.6 Å². The molecule has 0 saturated carbocycles. The number of rotatable bonds is 1. The Bertz CT molecular complexity index is 271. The fourth-order valence-corrected chi connectivity index (χ4v) is 0.886. The number of benzene rings is 1. The summed E-state index contributed by atoms with van der Waals surface area (Å²) in [5.74, 6) is -1.08. The van der Waals surface area contributed by atoms with E-state index in [-0.39, 0.29) is 5.69 Å². The molecule has 1 aromatic carbocycles. The normalized spacial score (nSPS) is 9.82. The van der Waals surface area contributed by atoms with Gasteiger partial charge in [-0.3, -0.25) is 0 Å². The molecule has 0 unspecified atom stereocenters. The summed E-state index contributed by atoms with van der Waals surface area (Å²) >= 11 is 0. The highest BCUT2D eigenvalue weighted by Gasteiger charge is 2.08. The van der Waals surface area contributed by atoms with Crippen LogP contribution in [0.1, 0.15) is 5.56 Å². The Morgan fingerprint density at radius 2 is 1.91 bits per heavy atom. The maximum atomic E-state index is 13.0. The lowest BCUT2D eigenvalue weighted by atomic mass is 10.2. The van der Waals surface area contributed by atoms with Gasteiger partial charge in [-0.15, -0.1) is 0 Å². The van der Waals surface area contributed by atoms with Crippen molar-refractivity contribution >= 4 is 5.69 Å². The van der Waals surface area contributed by atoms with Gasteiger partial charge in [0.1, 0.15) is 11.5 Å². The van der Waals surface area contributed by atoms with Gasteiger partial charge in [0, 0.05) is 7.05 Å². The smallest absolute Gasteiger partial charge is 0.152 e. The van der Waals surface area contributed by atoms with E-state index in [9.17, 15) is 8.78 Å². The van der Waals surface area contributed by atoms with Gasteiger partial charge in [-0.05, 0) is 18.6 Å². The number of halogens is 2. The standard InChI is InChI=1S/C8H9F2N/c1-5-3-4-6(9)8(11-2)7(5)10/h3-4,11H,1-2H3. The first-order chi connectivity index (χ1) is 5.16. The zero-order chi connectivity index (χ0) is 8.43. The van der Waals surface area contributed by atoms with Gasteiger partial charge < -0.3 is 5.32 Å². The molecule has 0 heterocycles. The molecule has 1 nitrogen and oxygen atoms in total. The lowest BCUT2D eigenvalue weighted by Gasteiger charge is -2.04. The van der Waals surface area contributed by atoms with E-state index in [1.165, 1.54) is 19.2 Å². The van der Waals surface area contributed by atoms with Gasteiger partial charge in [0.25, 0.3) is 0 Å². The predicted molar refractivity (Wildman–Crippen MR) is 40.6 cm³/mol. The highest BCUT2D eigenvalue weighted by Crippen LogP contribution is 2.20. The zero-order valence-corrected chi connectivity index (χ0v) is 6.41. The molecule has 0 aliphatic heterocycles. The van der Waals surface area contributed by atoms with E-state index >= 15 is 0 Å². The Morgan fingerprint density at radius 1 is 1.27 bits per heavy atom. The number of aryl methyl sites for hydroxylation is 1. The van der Waals surface area contributed by atoms with E-state index in [4.69, 9.17) is 0 Å². The van der Waals surface area contributed by atoms with Gasteiger partial charge in [-0.25, -0.2) is 8.78 Å². The topological polar surface area (TPSA) is 12.0 Å². The fourth-order valence-electron chi connectivity index (χ4n) is 0.886. The van der Waals surface area contributed by atoms with Crippen molar-refractivity contribution in [2.24, 2.45) is 0 Å². The molecule has 1 aromatic rings. The maximum Gasteiger partial charge on any atom is 0.152 e. The Balaban J connectivity index is 3.29. The average Bonchev–Trinajstić information content (AvgIpc) is 1.99. The Kier molecular flexibility index (Phi) is 2.08. The summed E-state index contributed by atoms with van der Waals surface area (Å²) in [6.45, 7) is 1.59. The van der Waals surface area contributed by atoms with Crippen LogP contribution in [-0.2, 0) is 0 Å². The maximum absolute atomic E-state index is 13.0. The van der Waals surface area contributed by atoms with Crippen LogP contribution in [0.4, 0.5) is 14.5 Å². The van der Waals surface area contributed by atoms with Crippen molar-refractivity contribution in [3.8, 4) is 0 Å². The molecule has 0 aliphatic carbocycles. The summed E-state index contributed by atoms with van der Waals surface area (Å²) in [4.78, 5) is 0. The quantitative estimate of drug-likeness (QED) is 0.659. The second kappa shape index (κ2) is 2.86. The van der Waals surface area contributed by atoms with Crippen LogP contribution in [0.15, 0.2) is 12.1 Å². The van der Waals surface area contributed by atoms with E-state index in [1.807, 2.05) is 0 Å². The fraction of sp³-hybridized carbons (Fsp3) is 0.250. The van der Waals surface area contributed by atoms with Gasteiger partial charge in [0.15, 0.2) is 5.82 Å². The summed E-state index contributed by atoms with van der Waals surface area (Å²) < 4.78 is 25.7. The average molecular weight is 157 g/mol. The highest BCUT2D eigenvalue weighted by atomic mass is 19.1. The van der Waals surface area contributed by atoms with Crippen LogP contribution in [0.5, 0.6) is 0 Å². The van der Waals surface area contributed by atoms with Crippen LogP contribution < -0.4 is 5.32 Å². The van der Waals surface area contributed by atoms with Crippen molar-refractivity contribution < 1.29 is 8.78 Å². The van der Waals surface area contributed by atoms with Gasteiger partial charge in [-0.1, -0.05) is 6.07 Å². The summed E-state index contributed by atoms with van der Waals surface area (Å²) in [6.07, 6.45) is 0. The van der Waals surface area contributed by atoms with Gasteiger partial charge in [-0.2, -0.15) is 0 Å². The first-order valence-corrected chi connectivity index (χ1v) is 3.29. The first-order valence-electron chi connectivity index (χ1n) is 3.29. The summed E-state index contributed by atoms with van der Waals surface area (Å²) in [5.41, 5.74) is 0.376. The molecule has 0 bridgehead atoms. The van der Waals surface area contributed by atoms with E-state index in [1.54, 1.807) is 6.92 Å². The van der Waals surface area contributed by atoms with E-state index in [0.29, 0.717) is 5.56 Å². The van der Waals surface area contributed by atoms with Crippen molar-refractivity contribution in [3.63, 3.8) is 0 Å². The predicted octanol–water partition coefficient (Wildman–Crippen LogP) is 2.31. The molecule has 0 saturated heterocycles. The highest BCUT2D eigenvalue weighted by molar-refractivity contribution is 5.48. The van der Waals surface area contributed by atoms with E-state index < -0.39 is 11.6 Å². The lowest BCUT2D eigenvalue weighted by Crippen LogP contribution is -1.98. The Hall–Kier alpha value is -1.12. The number of anilines is 1. The second-order valence-electron chi connectivity index (χ2n) is 2.30. The third-order valence-corrected chi connectivity index (χ3v) is 1.53. The molecular weight excluding hydrogens is 148 g/mol. The molecule has 1 N–H and O–H groups in total. The number of hydrogen-bond donors (Lipinski definition) is 1. The van der Waals surface area contributed by atoms with Crippen molar-refractivity contribution in [2.45, 2.75) is 6.92 Å². The molecule has 0 aliphatic rings. The minimum Gasteiger partial charge on any atom is -0.383 e. The summed E-state index contributed by atoms with van der Waals surface area (Å²) in [6, 6.07) is 2.65. The molecule has 0 spiro atoms. The van der Waals surface area contributed by atoms with Crippen LogP contribution in [-0.4, -0.2) is 7.05 Å². The molecule has 11 heavy (non-hydrogen) atoms. The van der Waals surface area contributed by atoms with Crippen molar-refractivity contribution in [1.82, 2.24) is 0 Å². The Labute approximate surface area is 64.0 Å². The summed E-state index contributed by atoms with van der Waals surface area (Å²) in [7, 11) is 1.49. The SMILES string of the molecule is CNc1c(F)ccc(C)c1F. The van der Waals surface area contributed by atoms with Crippen molar-refractivity contribution in [1.29, 1.82) is 0 Å². The third kappa shape index (κ3) is 1.31. The third-order valence-electron chi connectivity index (χ3n) is 1.53. The van der Waals surface area contributed by atoms with Crippen LogP contribution in [0.25, 0.3) is 0 Å². The van der Waals surface area contributed by atoms with Crippen LogP contribution in [0.3, 0.4) is 0 Å². The Morgan fingerprint density at radius 3 is 2.36 bits per heavy atom. The largest absolute Gasteiger partial charge is 0.383 e. The van der Waals surface area contributed by atoms with Crippen molar-refractivity contribution in [3.05, 3.63) is 29.3 Å². The molecule has 3 heteroatoms. The van der Waals surface area contributed by atoms with E-state index in [0.717, 1.165) is 0 Å². The van der Waals surface area contributed by atoms with Crippen LogP contribution >= 0.6 is 0 Å². The molecule has 0 atom stereocenters. The van der Waals surface area contributed by atoms with Gasteiger partial charge in [0.05, 0.1) is 0 Å².